The third-order valence-electron chi connectivity index (χ3n) is 11.5. The van der Waals surface area contributed by atoms with Gasteiger partial charge in [0.2, 0.25) is 17.7 Å². The summed E-state index contributed by atoms with van der Waals surface area (Å²) in [5, 5.41) is 14.0. The first-order chi connectivity index (χ1) is 27.1. The number of nitrogens with two attached hydrogens (primary N) is 1. The molecule has 0 radical (unpaired) electrons. The summed E-state index contributed by atoms with van der Waals surface area (Å²) in [6, 6.07) is 4.90. The molecule has 4 N–H and O–H groups in total. The summed E-state index contributed by atoms with van der Waals surface area (Å²) in [7, 11) is 1.71. The topological polar surface area (TPSA) is 197 Å². The smallest absolute Gasteiger partial charge is 0.329 e. The van der Waals surface area contributed by atoms with E-state index >= 15 is 0 Å². The second-order valence-electron chi connectivity index (χ2n) is 15.3. The van der Waals surface area contributed by atoms with Gasteiger partial charge in [0.1, 0.15) is 12.2 Å². The number of unbranched alkanes of at least 4 members (excludes halogenated alkanes) is 4. The van der Waals surface area contributed by atoms with Gasteiger partial charge in [-0.15, -0.1) is 0 Å². The normalized spacial score (nSPS) is 20.2. The van der Waals surface area contributed by atoms with Crippen molar-refractivity contribution in [3.63, 3.8) is 0 Å². The maximum Gasteiger partial charge on any atom is 0.329 e. The third kappa shape index (κ3) is 7.29. The number of imide groups is 1. The summed E-state index contributed by atoms with van der Waals surface area (Å²) in [5.74, 6) is -1.00. The molecule has 2 aliphatic heterocycles. The van der Waals surface area contributed by atoms with Crippen LogP contribution in [0.15, 0.2) is 47.8 Å². The van der Waals surface area contributed by atoms with Crippen molar-refractivity contribution in [2.75, 3.05) is 18.8 Å². The Labute approximate surface area is 321 Å². The number of fused-ring (bicyclic) bond motifs is 2. The number of benzene rings is 1. The van der Waals surface area contributed by atoms with Gasteiger partial charge in [-0.1, -0.05) is 25.3 Å². The van der Waals surface area contributed by atoms with E-state index in [-0.39, 0.29) is 35.7 Å². The van der Waals surface area contributed by atoms with Gasteiger partial charge in [0.25, 0.3) is 5.91 Å². The Morgan fingerprint density at radius 1 is 0.982 bits per heavy atom. The summed E-state index contributed by atoms with van der Waals surface area (Å²) >= 11 is 0. The van der Waals surface area contributed by atoms with Crippen LogP contribution in [0, 0.1) is 0 Å². The largest absolute Gasteiger partial charge is 0.395 e. The molecule has 294 valence electrons. The number of alkyl halides is 1. The lowest BCUT2D eigenvalue weighted by atomic mass is 10.0. The van der Waals surface area contributed by atoms with E-state index < -0.39 is 30.1 Å². The first kappa shape index (κ1) is 37.1. The van der Waals surface area contributed by atoms with Gasteiger partial charge in [-0.2, -0.15) is 10.2 Å². The highest BCUT2D eigenvalue weighted by molar-refractivity contribution is 6.00. The Morgan fingerprint density at radius 2 is 1.75 bits per heavy atom. The quantitative estimate of drug-likeness (QED) is 0.119. The molecule has 16 nitrogen and oxygen atoms in total. The van der Waals surface area contributed by atoms with Crippen molar-refractivity contribution in [2.45, 2.75) is 101 Å². The van der Waals surface area contributed by atoms with Crippen LogP contribution >= 0.6 is 0 Å². The maximum absolute atomic E-state index is 13.3. The molecule has 6 heterocycles. The summed E-state index contributed by atoms with van der Waals surface area (Å²) < 4.78 is 19.6. The summed E-state index contributed by atoms with van der Waals surface area (Å²) in [6.45, 7) is 1.34. The number of amides is 4. The lowest BCUT2D eigenvalue weighted by Crippen LogP contribution is -2.44. The fourth-order valence-electron chi connectivity index (χ4n) is 8.04. The van der Waals surface area contributed by atoms with Crippen molar-refractivity contribution >= 4 is 46.0 Å². The highest BCUT2D eigenvalue weighted by Crippen LogP contribution is 2.31. The van der Waals surface area contributed by atoms with Crippen LogP contribution in [0.2, 0.25) is 0 Å². The van der Waals surface area contributed by atoms with Crippen LogP contribution in [0.3, 0.4) is 0 Å². The highest BCUT2D eigenvalue weighted by atomic mass is 19.1. The molecule has 1 aromatic carbocycles. The summed E-state index contributed by atoms with van der Waals surface area (Å²) in [6.07, 6.45) is 14.3. The SMILES string of the molecule is Cn1c(=O)n(C2CCC(=O)NC2=O)c2ccc(CCCCCCCC(=O)N3CCC(n4cc(-c5cnn6c(C(=O)N[C@@H]7C[C@@H]7F)cnc6c5N)cn4)CC3)cc21. The molecule has 3 aliphatic rings. The van der Waals surface area contributed by atoms with E-state index in [9.17, 15) is 28.4 Å². The zero-order valence-corrected chi connectivity index (χ0v) is 31.3. The number of carbonyl (C=O) groups excluding carboxylic acids is 4. The van der Waals surface area contributed by atoms with E-state index in [1.54, 1.807) is 24.0 Å². The number of carbonyl (C=O) groups is 4. The van der Waals surface area contributed by atoms with Crippen LogP contribution in [0.4, 0.5) is 10.1 Å². The predicted octanol–water partition coefficient (Wildman–Crippen LogP) is 3.39. The van der Waals surface area contributed by atoms with E-state index in [2.05, 4.69) is 25.8 Å². The molecule has 4 aromatic heterocycles. The Balaban J connectivity index is 0.758. The van der Waals surface area contributed by atoms with Crippen molar-refractivity contribution in [3.05, 3.63) is 64.7 Å². The fourth-order valence-corrected chi connectivity index (χ4v) is 8.04. The van der Waals surface area contributed by atoms with Crippen molar-refractivity contribution < 1.29 is 23.6 Å². The number of nitrogens with zero attached hydrogens (tertiary/aromatic N) is 8. The Kier molecular flexibility index (Phi) is 10.2. The number of hydrogen-bond acceptors (Lipinski definition) is 9. The van der Waals surface area contributed by atoms with E-state index in [1.165, 1.54) is 15.3 Å². The lowest BCUT2D eigenvalue weighted by molar-refractivity contribution is -0.136. The number of anilines is 1. The molecule has 1 aliphatic carbocycles. The number of aryl methyl sites for hydroxylation is 2. The minimum Gasteiger partial charge on any atom is -0.395 e. The maximum atomic E-state index is 13.3. The molecule has 1 saturated carbocycles. The van der Waals surface area contributed by atoms with Gasteiger partial charge in [-0.25, -0.2) is 18.7 Å². The summed E-state index contributed by atoms with van der Waals surface area (Å²) in [4.78, 5) is 69.0. The van der Waals surface area contributed by atoms with Crippen LogP contribution in [-0.2, 0) is 27.9 Å². The number of likely N-dealkylation sites (tertiary alicyclic amines) is 1. The molecule has 17 heteroatoms. The number of rotatable bonds is 13. The molecule has 8 rings (SSSR count). The third-order valence-corrected chi connectivity index (χ3v) is 11.5. The second kappa shape index (κ2) is 15.3. The number of halogens is 1. The van der Waals surface area contributed by atoms with Crippen LogP contribution in [0.1, 0.15) is 98.8 Å². The van der Waals surface area contributed by atoms with Gasteiger partial charge >= 0.3 is 5.69 Å². The highest BCUT2D eigenvalue weighted by Gasteiger charge is 2.39. The van der Waals surface area contributed by atoms with Crippen LogP contribution in [-0.4, -0.2) is 87.3 Å². The van der Waals surface area contributed by atoms with E-state index in [1.807, 2.05) is 34.0 Å². The van der Waals surface area contributed by atoms with Gasteiger partial charge in [-0.3, -0.25) is 38.3 Å². The van der Waals surface area contributed by atoms with Crippen molar-refractivity contribution in [1.29, 1.82) is 0 Å². The molecule has 56 heavy (non-hydrogen) atoms. The fraction of sp³-hybridized carbons (Fsp3) is 0.487. The van der Waals surface area contributed by atoms with E-state index in [0.717, 1.165) is 68.0 Å². The van der Waals surface area contributed by atoms with Crippen molar-refractivity contribution in [2.24, 2.45) is 7.05 Å². The molecule has 3 atom stereocenters. The molecular weight excluding hydrogens is 721 g/mol. The van der Waals surface area contributed by atoms with E-state index in [4.69, 9.17) is 5.73 Å². The number of imidazole rings is 2. The first-order valence-electron chi connectivity index (χ1n) is 19.5. The molecule has 3 fully saturated rings. The zero-order chi connectivity index (χ0) is 39.1. The van der Waals surface area contributed by atoms with Gasteiger partial charge in [0, 0.05) is 56.7 Å². The van der Waals surface area contributed by atoms with Gasteiger partial charge < -0.3 is 16.0 Å². The number of piperidine rings is 2. The van der Waals surface area contributed by atoms with Gasteiger partial charge in [-0.05, 0) is 56.2 Å². The average Bonchev–Trinajstić information content (AvgIpc) is 3.52. The molecule has 0 bridgehead atoms. The zero-order valence-electron chi connectivity index (χ0n) is 31.3. The Morgan fingerprint density at radius 3 is 2.52 bits per heavy atom. The summed E-state index contributed by atoms with van der Waals surface area (Å²) in [5.41, 5.74) is 11.1. The number of hydrogen-bond donors (Lipinski definition) is 3. The minimum absolute atomic E-state index is 0.144. The minimum atomic E-state index is -1.01. The number of aromatic nitrogens is 7. The monoisotopic (exact) mass is 767 g/mol. The van der Waals surface area contributed by atoms with Crippen LogP contribution in [0.25, 0.3) is 27.8 Å². The predicted molar refractivity (Wildman–Crippen MR) is 204 cm³/mol. The lowest BCUT2D eigenvalue weighted by Gasteiger charge is -2.32. The number of nitrogens with one attached hydrogen (secondary N) is 2. The molecule has 5 aromatic rings. The van der Waals surface area contributed by atoms with E-state index in [0.29, 0.717) is 54.8 Å². The van der Waals surface area contributed by atoms with Gasteiger partial charge in [0.15, 0.2) is 11.3 Å². The molecular formula is C39H46FN11O5. The Bertz CT molecular complexity index is 2390. The van der Waals surface area contributed by atoms with Crippen LogP contribution in [0.5, 0.6) is 0 Å². The first-order valence-corrected chi connectivity index (χ1v) is 19.5. The average molecular weight is 768 g/mol. The molecule has 2 saturated heterocycles. The standard InChI is InChI=1S/C39H46FN11O5/c1-47-31-17-23(9-10-29(31)50(39(47)56)30-11-12-33(52)46-37(30)54)7-5-3-2-4-6-8-34(53)48-15-13-25(14-16-48)49-22-24(19-43-49)26-20-44-51-32(21-42-36(51)35(26)41)38(55)45-28-18-27(28)40/h9-10,17,19-22,25,27-28,30H,2-8,11-16,18,41H2,1H3,(H,45,55)(H,46,52,54)/t27-,28+,30?/m0/s1. The molecule has 4 amide bonds. The molecule has 1 unspecified atom stereocenters. The second-order valence-corrected chi connectivity index (χ2v) is 15.3. The van der Waals surface area contributed by atoms with Gasteiger partial charge in [0.05, 0.1) is 47.4 Å². The van der Waals surface area contributed by atoms with Crippen molar-refractivity contribution in [1.82, 2.24) is 49.0 Å². The van der Waals surface area contributed by atoms with Crippen molar-refractivity contribution in [3.8, 4) is 11.1 Å². The Hall–Kier alpha value is -5.87. The van der Waals surface area contributed by atoms with Crippen LogP contribution < -0.4 is 22.1 Å². The molecule has 0 spiro atoms. The number of nitrogen functional groups attached to an aromatic ring is 1.